The Morgan fingerprint density at radius 2 is 1.92 bits per heavy atom. The van der Waals surface area contributed by atoms with Crippen molar-refractivity contribution in [1.29, 1.82) is 0 Å². The first kappa shape index (κ1) is 20.0. The zero-order chi connectivity index (χ0) is 19.3. The number of Topliss-reactive ketones (excluding diaryl/α,β-unsaturated/α-hetero) is 1. The number of benzene rings is 2. The lowest BCUT2D eigenvalue weighted by Gasteiger charge is -2.13. The molecule has 4 nitrogen and oxygen atoms in total. The van der Waals surface area contributed by atoms with Crippen molar-refractivity contribution in [3.63, 3.8) is 0 Å². The molecule has 2 aromatic rings. The number of halogens is 1. The maximum Gasteiger partial charge on any atom is 0.200 e. The van der Waals surface area contributed by atoms with Crippen LogP contribution in [0.3, 0.4) is 0 Å². The number of ketones is 1. The van der Waals surface area contributed by atoms with Crippen LogP contribution in [0.1, 0.15) is 34.0 Å². The highest BCUT2D eigenvalue weighted by Crippen LogP contribution is 2.28. The Morgan fingerprint density at radius 3 is 2.58 bits per heavy atom. The molecular weight excluding hydrogens is 348 g/mol. The van der Waals surface area contributed by atoms with E-state index in [1.807, 2.05) is 57.0 Å². The molecule has 0 unspecified atom stereocenters. The van der Waals surface area contributed by atoms with Gasteiger partial charge in [-0.05, 0) is 62.6 Å². The van der Waals surface area contributed by atoms with Gasteiger partial charge in [-0.2, -0.15) is 0 Å². The van der Waals surface area contributed by atoms with E-state index >= 15 is 0 Å². The minimum atomic E-state index is -0.0777. The highest BCUT2D eigenvalue weighted by molar-refractivity contribution is 6.32. The van der Waals surface area contributed by atoms with Crippen LogP contribution in [-0.4, -0.2) is 37.2 Å². The molecule has 0 spiro atoms. The van der Waals surface area contributed by atoms with Gasteiger partial charge in [0.25, 0.3) is 0 Å². The standard InChI is InChI=1S/C21H25ClN2O2/c1-6-24(5)13-23-19-11-15(3)17(10-16(19)4)20(25)12-26-21-14(2)8-7-9-18(21)22/h7-11,13H,6,12H2,1-5H3/b23-13-. The summed E-state index contributed by atoms with van der Waals surface area (Å²) in [6, 6.07) is 9.32. The zero-order valence-corrected chi connectivity index (χ0v) is 16.7. The number of carbonyl (C=O) groups is 1. The van der Waals surface area contributed by atoms with Crippen molar-refractivity contribution in [2.45, 2.75) is 27.7 Å². The summed E-state index contributed by atoms with van der Waals surface area (Å²) in [5, 5.41) is 0.510. The van der Waals surface area contributed by atoms with Gasteiger partial charge in [-0.25, -0.2) is 4.99 Å². The molecule has 0 aliphatic rings. The zero-order valence-electron chi connectivity index (χ0n) is 16.0. The van der Waals surface area contributed by atoms with Crippen LogP contribution in [0.2, 0.25) is 5.02 Å². The molecule has 26 heavy (non-hydrogen) atoms. The topological polar surface area (TPSA) is 41.9 Å². The Labute approximate surface area is 160 Å². The van der Waals surface area contributed by atoms with Crippen molar-refractivity contribution in [2.24, 2.45) is 4.99 Å². The summed E-state index contributed by atoms with van der Waals surface area (Å²) in [4.78, 5) is 19.1. The van der Waals surface area contributed by atoms with Crippen LogP contribution in [0.25, 0.3) is 0 Å². The van der Waals surface area contributed by atoms with Crippen LogP contribution in [-0.2, 0) is 0 Å². The van der Waals surface area contributed by atoms with E-state index in [1.54, 1.807) is 12.4 Å². The summed E-state index contributed by atoms with van der Waals surface area (Å²) < 4.78 is 5.68. The molecule has 0 fully saturated rings. The van der Waals surface area contributed by atoms with E-state index in [1.165, 1.54) is 0 Å². The van der Waals surface area contributed by atoms with Gasteiger partial charge in [-0.3, -0.25) is 4.79 Å². The van der Waals surface area contributed by atoms with Crippen LogP contribution in [0.4, 0.5) is 5.69 Å². The van der Waals surface area contributed by atoms with E-state index in [0.717, 1.165) is 28.9 Å². The molecule has 0 heterocycles. The number of carbonyl (C=O) groups excluding carboxylic acids is 1. The Morgan fingerprint density at radius 1 is 1.19 bits per heavy atom. The Bertz CT molecular complexity index is 811. The monoisotopic (exact) mass is 372 g/mol. The number of hydrogen-bond donors (Lipinski definition) is 0. The van der Waals surface area contributed by atoms with Crippen molar-refractivity contribution >= 4 is 29.4 Å². The van der Waals surface area contributed by atoms with E-state index in [2.05, 4.69) is 11.9 Å². The molecule has 0 saturated heterocycles. The van der Waals surface area contributed by atoms with E-state index in [4.69, 9.17) is 16.3 Å². The fourth-order valence-corrected chi connectivity index (χ4v) is 2.77. The van der Waals surface area contributed by atoms with Crippen molar-refractivity contribution < 1.29 is 9.53 Å². The predicted octanol–water partition coefficient (Wildman–Crippen LogP) is 5.14. The van der Waals surface area contributed by atoms with Gasteiger partial charge in [-0.1, -0.05) is 23.7 Å². The largest absolute Gasteiger partial charge is 0.484 e. The molecule has 0 aliphatic carbocycles. The fraction of sp³-hybridized carbons (Fsp3) is 0.333. The molecule has 5 heteroatoms. The summed E-state index contributed by atoms with van der Waals surface area (Å²) in [6.07, 6.45) is 1.80. The van der Waals surface area contributed by atoms with Crippen molar-refractivity contribution in [1.82, 2.24) is 4.90 Å². The smallest absolute Gasteiger partial charge is 0.200 e. The molecule has 0 amide bonds. The Kier molecular flexibility index (Phi) is 6.81. The lowest BCUT2D eigenvalue weighted by atomic mass is 10.0. The first-order chi connectivity index (χ1) is 12.3. The molecule has 0 radical (unpaired) electrons. The molecule has 0 aromatic heterocycles. The number of nitrogens with zero attached hydrogens (tertiary/aromatic N) is 2. The third-order valence-corrected chi connectivity index (χ3v) is 4.55. The van der Waals surface area contributed by atoms with Gasteiger partial charge >= 0.3 is 0 Å². The molecule has 0 saturated carbocycles. The number of ether oxygens (including phenoxy) is 1. The number of aliphatic imine (C=N–C) groups is 1. The SMILES string of the molecule is CCN(C)/C=N\c1cc(C)c(C(=O)COc2c(C)cccc2Cl)cc1C. The van der Waals surface area contributed by atoms with Gasteiger partial charge in [0, 0.05) is 19.2 Å². The highest BCUT2D eigenvalue weighted by atomic mass is 35.5. The molecule has 0 N–H and O–H groups in total. The second-order valence-electron chi connectivity index (χ2n) is 6.37. The van der Waals surface area contributed by atoms with Gasteiger partial charge in [0.1, 0.15) is 5.75 Å². The summed E-state index contributed by atoms with van der Waals surface area (Å²) in [5.74, 6) is 0.479. The first-order valence-electron chi connectivity index (χ1n) is 8.60. The molecule has 2 rings (SSSR count). The van der Waals surface area contributed by atoms with Gasteiger partial charge in [-0.15, -0.1) is 0 Å². The second kappa shape index (κ2) is 8.86. The van der Waals surface area contributed by atoms with Gasteiger partial charge in [0.05, 0.1) is 17.0 Å². The predicted molar refractivity (Wildman–Crippen MR) is 108 cm³/mol. The maximum atomic E-state index is 12.6. The van der Waals surface area contributed by atoms with Crippen LogP contribution in [0.15, 0.2) is 35.3 Å². The van der Waals surface area contributed by atoms with Crippen LogP contribution >= 0.6 is 11.6 Å². The Balaban J connectivity index is 2.17. The van der Waals surface area contributed by atoms with Gasteiger partial charge < -0.3 is 9.64 Å². The summed E-state index contributed by atoms with van der Waals surface area (Å²) in [5.41, 5.74) is 4.25. The van der Waals surface area contributed by atoms with E-state index in [-0.39, 0.29) is 12.4 Å². The van der Waals surface area contributed by atoms with E-state index < -0.39 is 0 Å². The van der Waals surface area contributed by atoms with Crippen molar-refractivity contribution in [3.8, 4) is 5.75 Å². The van der Waals surface area contributed by atoms with Crippen LogP contribution in [0, 0.1) is 20.8 Å². The maximum absolute atomic E-state index is 12.6. The second-order valence-corrected chi connectivity index (χ2v) is 6.78. The highest BCUT2D eigenvalue weighted by Gasteiger charge is 2.14. The molecular formula is C21H25ClN2O2. The molecule has 0 bridgehead atoms. The van der Waals surface area contributed by atoms with Crippen LogP contribution < -0.4 is 4.74 Å². The molecule has 2 aromatic carbocycles. The fourth-order valence-electron chi connectivity index (χ4n) is 2.50. The number of hydrogen-bond acceptors (Lipinski definition) is 3. The Hall–Kier alpha value is -2.33. The molecule has 138 valence electrons. The van der Waals surface area contributed by atoms with Crippen molar-refractivity contribution in [3.05, 3.63) is 57.6 Å². The lowest BCUT2D eigenvalue weighted by Crippen LogP contribution is -2.15. The number of aryl methyl sites for hydroxylation is 3. The third kappa shape index (κ3) is 4.85. The summed E-state index contributed by atoms with van der Waals surface area (Å²) >= 11 is 6.15. The summed E-state index contributed by atoms with van der Waals surface area (Å²) in [6.45, 7) is 8.67. The van der Waals surface area contributed by atoms with E-state index in [0.29, 0.717) is 16.3 Å². The number of rotatable bonds is 7. The number of para-hydroxylation sites is 1. The van der Waals surface area contributed by atoms with Gasteiger partial charge in [0.15, 0.2) is 12.4 Å². The normalized spacial score (nSPS) is 11.0. The van der Waals surface area contributed by atoms with Crippen LogP contribution in [0.5, 0.6) is 5.75 Å². The third-order valence-electron chi connectivity index (χ3n) is 4.25. The average Bonchev–Trinajstić information content (AvgIpc) is 2.61. The minimum absolute atomic E-state index is 0.0496. The molecule has 0 aliphatic heterocycles. The lowest BCUT2D eigenvalue weighted by molar-refractivity contribution is 0.0920. The van der Waals surface area contributed by atoms with Gasteiger partial charge in [0.2, 0.25) is 0 Å². The minimum Gasteiger partial charge on any atom is -0.484 e. The summed E-state index contributed by atoms with van der Waals surface area (Å²) in [7, 11) is 1.97. The first-order valence-corrected chi connectivity index (χ1v) is 8.98. The van der Waals surface area contributed by atoms with E-state index in [9.17, 15) is 4.79 Å². The van der Waals surface area contributed by atoms with Crippen molar-refractivity contribution in [2.75, 3.05) is 20.2 Å². The quantitative estimate of drug-likeness (QED) is 0.384. The average molecular weight is 373 g/mol. The molecule has 0 atom stereocenters.